The first kappa shape index (κ1) is 31.1. The Labute approximate surface area is 258 Å². The monoisotopic (exact) mass is 622 g/mol. The van der Waals surface area contributed by atoms with E-state index < -0.39 is 6.36 Å². The highest BCUT2D eigenvalue weighted by Gasteiger charge is 2.31. The smallest absolute Gasteiger partial charge is 0.406 e. The molecule has 8 nitrogen and oxygen atoms in total. The molecule has 0 spiro atoms. The number of amides is 2. The Morgan fingerprint density at radius 2 is 1.84 bits per heavy atom. The number of alkyl halides is 3. The Kier molecular flexibility index (Phi) is 9.58. The quantitative estimate of drug-likeness (QED) is 0.219. The van der Waals surface area contributed by atoms with Crippen molar-refractivity contribution in [3.8, 4) is 22.8 Å². The van der Waals surface area contributed by atoms with Crippen molar-refractivity contribution in [1.82, 2.24) is 20.1 Å². The number of rotatable bonds is 8. The highest BCUT2D eigenvalue weighted by molar-refractivity contribution is 8.14. The number of halogens is 3. The second-order valence-electron chi connectivity index (χ2n) is 10.7. The molecular formula is C32H33F3N6O2S. The Hall–Kier alpha value is -4.32. The van der Waals surface area contributed by atoms with E-state index in [-0.39, 0.29) is 11.8 Å². The number of carbonyl (C=O) groups excluding carboxylic acids is 1. The number of amidine groups is 1. The van der Waals surface area contributed by atoms with Crippen molar-refractivity contribution in [3.63, 3.8) is 0 Å². The molecule has 1 saturated heterocycles. The molecule has 4 aromatic rings. The summed E-state index contributed by atoms with van der Waals surface area (Å²) in [5.41, 5.74) is 5.88. The highest BCUT2D eigenvalue weighted by Crippen LogP contribution is 2.33. The molecule has 2 heterocycles. The van der Waals surface area contributed by atoms with E-state index in [0.717, 1.165) is 40.7 Å². The van der Waals surface area contributed by atoms with Crippen LogP contribution in [0.2, 0.25) is 0 Å². The van der Waals surface area contributed by atoms with Gasteiger partial charge in [-0.1, -0.05) is 62.0 Å². The molecular weight excluding hydrogens is 589 g/mol. The third kappa shape index (κ3) is 7.98. The van der Waals surface area contributed by atoms with Gasteiger partial charge in [0.2, 0.25) is 0 Å². The van der Waals surface area contributed by atoms with Crippen LogP contribution in [0.5, 0.6) is 5.75 Å². The van der Waals surface area contributed by atoms with Gasteiger partial charge in [0.15, 0.2) is 11.0 Å². The molecule has 1 N–H and O–H groups in total. The van der Waals surface area contributed by atoms with Crippen LogP contribution in [0.25, 0.3) is 17.1 Å². The summed E-state index contributed by atoms with van der Waals surface area (Å²) in [7, 11) is 0. The van der Waals surface area contributed by atoms with Gasteiger partial charge in [-0.15, -0.1) is 18.3 Å². The molecule has 230 valence electrons. The van der Waals surface area contributed by atoms with E-state index in [2.05, 4.69) is 69.0 Å². The fourth-order valence-electron chi connectivity index (χ4n) is 4.83. The molecule has 1 aromatic heterocycles. The number of anilines is 1. The minimum Gasteiger partial charge on any atom is -0.406 e. The third-order valence-electron chi connectivity index (χ3n) is 7.01. The predicted molar refractivity (Wildman–Crippen MR) is 168 cm³/mol. The van der Waals surface area contributed by atoms with E-state index in [0.29, 0.717) is 30.4 Å². The van der Waals surface area contributed by atoms with Crippen molar-refractivity contribution in [2.45, 2.75) is 45.9 Å². The maximum absolute atomic E-state index is 12.8. The molecule has 5 rings (SSSR count). The van der Waals surface area contributed by atoms with Gasteiger partial charge < -0.3 is 15.0 Å². The van der Waals surface area contributed by atoms with Gasteiger partial charge in [-0.25, -0.2) is 14.5 Å². The Morgan fingerprint density at radius 3 is 2.55 bits per heavy atom. The van der Waals surface area contributed by atoms with Gasteiger partial charge >= 0.3 is 12.4 Å². The average Bonchev–Trinajstić information content (AvgIpc) is 3.48. The number of hydrogen-bond acceptors (Lipinski definition) is 5. The van der Waals surface area contributed by atoms with Crippen LogP contribution >= 0.6 is 11.8 Å². The van der Waals surface area contributed by atoms with Crippen molar-refractivity contribution in [2.75, 3.05) is 23.7 Å². The zero-order valence-corrected chi connectivity index (χ0v) is 25.5. The molecule has 0 unspecified atom stereocenters. The zero-order chi connectivity index (χ0) is 31.3. The van der Waals surface area contributed by atoms with Gasteiger partial charge in [0.1, 0.15) is 12.1 Å². The summed E-state index contributed by atoms with van der Waals surface area (Å²) in [5, 5.41) is 8.08. The molecule has 0 radical (unpaired) electrons. The molecule has 12 heteroatoms. The van der Waals surface area contributed by atoms with Crippen molar-refractivity contribution in [3.05, 3.63) is 89.7 Å². The Bertz CT molecular complexity index is 1620. The van der Waals surface area contributed by atoms with E-state index in [1.54, 1.807) is 11.8 Å². The van der Waals surface area contributed by atoms with E-state index in [4.69, 9.17) is 0 Å². The molecule has 44 heavy (non-hydrogen) atoms. The lowest BCUT2D eigenvalue weighted by atomic mass is 9.98. The summed E-state index contributed by atoms with van der Waals surface area (Å²) in [4.78, 5) is 23.7. The highest BCUT2D eigenvalue weighted by atomic mass is 32.2. The number of aromatic nitrogens is 3. The number of aliphatic imine (C=N–C) groups is 1. The van der Waals surface area contributed by atoms with Crippen LogP contribution in [-0.4, -0.2) is 51.2 Å². The van der Waals surface area contributed by atoms with Crippen LogP contribution < -0.4 is 15.0 Å². The van der Waals surface area contributed by atoms with Gasteiger partial charge in [-0.3, -0.25) is 0 Å². The maximum Gasteiger partial charge on any atom is 0.573 e. The van der Waals surface area contributed by atoms with Gasteiger partial charge in [0.25, 0.3) is 0 Å². The summed E-state index contributed by atoms with van der Waals surface area (Å²) in [6.07, 6.45) is -1.61. The lowest BCUT2D eigenvalue weighted by Crippen LogP contribution is -2.36. The van der Waals surface area contributed by atoms with Gasteiger partial charge in [0.05, 0.1) is 5.69 Å². The first-order valence-corrected chi connectivity index (χ1v) is 15.3. The average molecular weight is 623 g/mol. The SMILES string of the molecule is Cc1ccc(C(C)C)c(N2CCCSC2=NC(=O)NCCc2ccc(-c3ncn(-c4ccc(OC(F)(F)F)cc4)n3)cc2)c1. The van der Waals surface area contributed by atoms with Crippen LogP contribution in [0.1, 0.15) is 42.9 Å². The van der Waals surface area contributed by atoms with Gasteiger partial charge in [0, 0.05) is 30.1 Å². The number of thioether (sulfide) groups is 1. The van der Waals surface area contributed by atoms with Crippen LogP contribution in [0.4, 0.5) is 23.7 Å². The summed E-state index contributed by atoms with van der Waals surface area (Å²) < 4.78 is 42.6. The minimum absolute atomic E-state index is 0.307. The molecule has 1 aliphatic rings. The summed E-state index contributed by atoms with van der Waals surface area (Å²) in [5.74, 6) is 1.44. The number of urea groups is 1. The molecule has 0 aliphatic carbocycles. The molecule has 0 bridgehead atoms. The lowest BCUT2D eigenvalue weighted by Gasteiger charge is -2.32. The number of ether oxygens (including phenoxy) is 1. The topological polar surface area (TPSA) is 84.6 Å². The van der Waals surface area contributed by atoms with Gasteiger partial charge in [-0.2, -0.15) is 4.99 Å². The molecule has 1 fully saturated rings. The maximum atomic E-state index is 12.8. The van der Waals surface area contributed by atoms with Crippen LogP contribution in [-0.2, 0) is 6.42 Å². The van der Waals surface area contributed by atoms with Crippen molar-refractivity contribution in [2.24, 2.45) is 4.99 Å². The van der Waals surface area contributed by atoms with Crippen molar-refractivity contribution in [1.29, 1.82) is 0 Å². The first-order chi connectivity index (χ1) is 21.1. The summed E-state index contributed by atoms with van der Waals surface area (Å²) >= 11 is 1.61. The summed E-state index contributed by atoms with van der Waals surface area (Å²) in [6.45, 7) is 7.68. The van der Waals surface area contributed by atoms with E-state index >= 15 is 0 Å². The zero-order valence-electron chi connectivity index (χ0n) is 24.6. The standard InChI is InChI=1S/C32H33F3N6O2S/c1-21(2)27-14-5-22(3)19-28(27)40-17-4-18-44-31(40)38-30(42)36-16-15-23-6-8-24(9-7-23)29-37-20-41(39-29)25-10-12-26(13-11-25)43-32(33,34)35/h5-14,19-21H,4,15-18H2,1-3H3,(H,36,42). The molecule has 0 atom stereocenters. The van der Waals surface area contributed by atoms with Crippen molar-refractivity contribution < 1.29 is 22.7 Å². The van der Waals surface area contributed by atoms with Crippen LogP contribution in [0, 0.1) is 6.92 Å². The minimum atomic E-state index is -4.75. The normalized spacial score (nSPS) is 14.7. The van der Waals surface area contributed by atoms with Crippen LogP contribution in [0.3, 0.4) is 0 Å². The second-order valence-corrected chi connectivity index (χ2v) is 11.8. The molecule has 0 saturated carbocycles. The number of nitrogens with one attached hydrogen (secondary N) is 1. The number of hydrogen-bond donors (Lipinski definition) is 1. The Balaban J connectivity index is 1.17. The summed E-state index contributed by atoms with van der Waals surface area (Å²) in [6, 6.07) is 19.2. The largest absolute Gasteiger partial charge is 0.573 e. The van der Waals surface area contributed by atoms with E-state index in [1.165, 1.54) is 46.4 Å². The van der Waals surface area contributed by atoms with Gasteiger partial charge in [-0.05, 0) is 72.7 Å². The number of carbonyl (C=O) groups is 1. The predicted octanol–water partition coefficient (Wildman–Crippen LogP) is 7.52. The Morgan fingerprint density at radius 1 is 1.09 bits per heavy atom. The number of benzene rings is 3. The fraction of sp³-hybridized carbons (Fsp3) is 0.312. The molecule has 1 aliphatic heterocycles. The molecule has 3 aromatic carbocycles. The number of nitrogens with zero attached hydrogens (tertiary/aromatic N) is 5. The third-order valence-corrected chi connectivity index (χ3v) is 8.08. The van der Waals surface area contributed by atoms with Crippen LogP contribution in [0.15, 0.2) is 78.0 Å². The second kappa shape index (κ2) is 13.5. The fourth-order valence-corrected chi connectivity index (χ4v) is 5.78. The lowest BCUT2D eigenvalue weighted by molar-refractivity contribution is -0.274. The first-order valence-electron chi connectivity index (χ1n) is 14.3. The van der Waals surface area contributed by atoms with Crippen molar-refractivity contribution >= 4 is 28.6 Å². The van der Waals surface area contributed by atoms with E-state index in [9.17, 15) is 18.0 Å². The number of aryl methyl sites for hydroxylation is 1. The molecule has 2 amide bonds. The van der Waals surface area contributed by atoms with E-state index in [1.807, 2.05) is 24.3 Å².